The molecule has 124 valence electrons. The SMILES string of the molecule is CC1(C)CCCCC1.CCC(=O)Cc1c(C)csc1C(=O)O. The number of carbonyl (C=O) groups is 2. The molecule has 0 spiro atoms. The van der Waals surface area contributed by atoms with Gasteiger partial charge in [-0.3, -0.25) is 4.79 Å². The Morgan fingerprint density at radius 1 is 1.23 bits per heavy atom. The fraction of sp³-hybridized carbons (Fsp3) is 0.667. The quantitative estimate of drug-likeness (QED) is 0.822. The fourth-order valence-electron chi connectivity index (χ4n) is 2.70. The molecule has 1 aromatic rings. The molecule has 1 aliphatic carbocycles. The third kappa shape index (κ3) is 5.91. The number of aryl methyl sites for hydroxylation is 1. The van der Waals surface area contributed by atoms with Gasteiger partial charge in [0.1, 0.15) is 10.7 Å². The van der Waals surface area contributed by atoms with Crippen molar-refractivity contribution in [3.05, 3.63) is 21.4 Å². The molecule has 1 saturated carbocycles. The lowest BCUT2D eigenvalue weighted by Crippen LogP contribution is -2.14. The number of thiophene rings is 1. The van der Waals surface area contributed by atoms with E-state index in [1.165, 1.54) is 43.4 Å². The standard InChI is InChI=1S/C10H12O3S.C8H16/c1-3-7(11)4-8-6(2)5-14-9(8)10(12)13;1-8(2)6-4-3-5-7-8/h5H,3-4H2,1-2H3,(H,12,13);3-7H2,1-2H3. The van der Waals surface area contributed by atoms with Gasteiger partial charge in [-0.2, -0.15) is 0 Å². The van der Waals surface area contributed by atoms with Crippen molar-refractivity contribution < 1.29 is 14.7 Å². The first-order valence-corrected chi connectivity index (χ1v) is 8.96. The molecule has 3 nitrogen and oxygen atoms in total. The summed E-state index contributed by atoms with van der Waals surface area (Å²) in [5, 5.41) is 10.6. The number of aromatic carboxylic acids is 1. The summed E-state index contributed by atoms with van der Waals surface area (Å²) in [6, 6.07) is 0. The largest absolute Gasteiger partial charge is 0.477 e. The number of rotatable bonds is 4. The van der Waals surface area contributed by atoms with Crippen LogP contribution in [0.2, 0.25) is 0 Å². The van der Waals surface area contributed by atoms with Crippen molar-refractivity contribution in [3.63, 3.8) is 0 Å². The summed E-state index contributed by atoms with van der Waals surface area (Å²) in [4.78, 5) is 22.3. The Labute approximate surface area is 137 Å². The Bertz CT molecular complexity index is 506. The molecule has 1 heterocycles. The number of carboxylic acid groups (broad SMARTS) is 1. The molecule has 1 fully saturated rings. The molecule has 0 aromatic carbocycles. The van der Waals surface area contributed by atoms with Gasteiger partial charge in [0.2, 0.25) is 0 Å². The summed E-state index contributed by atoms with van der Waals surface area (Å²) < 4.78 is 0. The second-order valence-electron chi connectivity index (χ2n) is 6.83. The highest BCUT2D eigenvalue weighted by Gasteiger charge is 2.20. The van der Waals surface area contributed by atoms with Crippen molar-refractivity contribution in [1.29, 1.82) is 0 Å². The first-order chi connectivity index (χ1) is 10.3. The topological polar surface area (TPSA) is 54.4 Å². The highest BCUT2D eigenvalue weighted by Crippen LogP contribution is 2.34. The van der Waals surface area contributed by atoms with Gasteiger partial charge in [-0.25, -0.2) is 4.79 Å². The van der Waals surface area contributed by atoms with E-state index in [2.05, 4.69) is 13.8 Å². The number of hydrogen-bond acceptors (Lipinski definition) is 3. The Balaban J connectivity index is 0.000000255. The molecule has 1 aliphatic rings. The molecule has 0 atom stereocenters. The summed E-state index contributed by atoms with van der Waals surface area (Å²) in [5.74, 6) is -0.865. The maximum Gasteiger partial charge on any atom is 0.346 e. The van der Waals surface area contributed by atoms with Crippen molar-refractivity contribution in [2.24, 2.45) is 5.41 Å². The van der Waals surface area contributed by atoms with Crippen LogP contribution in [0.4, 0.5) is 0 Å². The average molecular weight is 324 g/mol. The van der Waals surface area contributed by atoms with Gasteiger partial charge in [0.05, 0.1) is 0 Å². The minimum atomic E-state index is -0.943. The van der Waals surface area contributed by atoms with Crippen molar-refractivity contribution >= 4 is 23.1 Å². The Morgan fingerprint density at radius 2 is 1.82 bits per heavy atom. The first-order valence-electron chi connectivity index (χ1n) is 8.09. The van der Waals surface area contributed by atoms with Crippen LogP contribution in [0.3, 0.4) is 0 Å². The van der Waals surface area contributed by atoms with Crippen LogP contribution in [0, 0.1) is 12.3 Å². The fourth-order valence-corrected chi connectivity index (χ4v) is 3.61. The minimum Gasteiger partial charge on any atom is -0.477 e. The van der Waals surface area contributed by atoms with Crippen LogP contribution in [-0.4, -0.2) is 16.9 Å². The molecule has 0 bridgehead atoms. The van der Waals surface area contributed by atoms with E-state index in [-0.39, 0.29) is 12.2 Å². The van der Waals surface area contributed by atoms with Crippen LogP contribution in [0.15, 0.2) is 5.38 Å². The average Bonchev–Trinajstić information content (AvgIpc) is 2.80. The van der Waals surface area contributed by atoms with E-state index in [9.17, 15) is 9.59 Å². The zero-order valence-corrected chi connectivity index (χ0v) is 15.0. The van der Waals surface area contributed by atoms with Crippen LogP contribution in [0.1, 0.15) is 80.1 Å². The van der Waals surface area contributed by atoms with Gasteiger partial charge in [0.25, 0.3) is 0 Å². The predicted molar refractivity (Wildman–Crippen MR) is 91.9 cm³/mol. The van der Waals surface area contributed by atoms with Gasteiger partial charge in [-0.05, 0) is 41.7 Å². The van der Waals surface area contributed by atoms with E-state index in [1.807, 2.05) is 6.92 Å². The highest BCUT2D eigenvalue weighted by molar-refractivity contribution is 7.12. The second-order valence-corrected chi connectivity index (χ2v) is 7.71. The summed E-state index contributed by atoms with van der Waals surface area (Å²) in [6.45, 7) is 8.38. The molecular weight excluding hydrogens is 296 g/mol. The molecule has 0 aliphatic heterocycles. The molecule has 0 amide bonds. The number of Topliss-reactive ketones (excluding diaryl/α,β-unsaturated/α-hetero) is 1. The lowest BCUT2D eigenvalue weighted by atomic mass is 9.78. The van der Waals surface area contributed by atoms with Crippen LogP contribution in [0.25, 0.3) is 0 Å². The van der Waals surface area contributed by atoms with E-state index in [0.717, 1.165) is 5.56 Å². The van der Waals surface area contributed by atoms with Gasteiger partial charge in [-0.1, -0.05) is 40.0 Å². The van der Waals surface area contributed by atoms with Gasteiger partial charge < -0.3 is 5.11 Å². The van der Waals surface area contributed by atoms with E-state index < -0.39 is 5.97 Å². The summed E-state index contributed by atoms with van der Waals surface area (Å²) in [7, 11) is 0. The Hall–Kier alpha value is -1.16. The number of ketones is 1. The van der Waals surface area contributed by atoms with Gasteiger partial charge in [-0.15, -0.1) is 11.3 Å². The number of carbonyl (C=O) groups excluding carboxylic acids is 1. The number of carboxylic acids is 1. The molecule has 0 unspecified atom stereocenters. The maximum atomic E-state index is 11.2. The molecule has 2 rings (SSSR count). The van der Waals surface area contributed by atoms with E-state index in [0.29, 0.717) is 22.3 Å². The van der Waals surface area contributed by atoms with Crippen molar-refractivity contribution in [3.8, 4) is 0 Å². The second kappa shape index (κ2) is 8.47. The molecule has 0 radical (unpaired) electrons. The first kappa shape index (κ1) is 18.9. The smallest absolute Gasteiger partial charge is 0.346 e. The lowest BCUT2D eigenvalue weighted by molar-refractivity contribution is -0.118. The predicted octanol–water partition coefficient (Wildman–Crippen LogP) is 5.25. The van der Waals surface area contributed by atoms with Crippen LogP contribution >= 0.6 is 11.3 Å². The van der Waals surface area contributed by atoms with E-state index in [4.69, 9.17) is 5.11 Å². The Kier molecular flexibility index (Phi) is 7.27. The summed E-state index contributed by atoms with van der Waals surface area (Å²) in [5.41, 5.74) is 2.25. The van der Waals surface area contributed by atoms with Gasteiger partial charge >= 0.3 is 5.97 Å². The Morgan fingerprint density at radius 3 is 2.23 bits per heavy atom. The molecule has 22 heavy (non-hydrogen) atoms. The monoisotopic (exact) mass is 324 g/mol. The van der Waals surface area contributed by atoms with E-state index >= 15 is 0 Å². The lowest BCUT2D eigenvalue weighted by Gasteiger charge is -2.28. The summed E-state index contributed by atoms with van der Waals surface area (Å²) >= 11 is 1.18. The highest BCUT2D eigenvalue weighted by atomic mass is 32.1. The summed E-state index contributed by atoms with van der Waals surface area (Å²) in [6.07, 6.45) is 8.01. The zero-order chi connectivity index (χ0) is 16.8. The maximum absolute atomic E-state index is 11.2. The van der Waals surface area contributed by atoms with E-state index in [1.54, 1.807) is 12.3 Å². The van der Waals surface area contributed by atoms with Gasteiger partial charge in [0, 0.05) is 12.8 Å². The third-order valence-corrected chi connectivity index (χ3v) is 5.40. The van der Waals surface area contributed by atoms with Crippen LogP contribution < -0.4 is 0 Å². The minimum absolute atomic E-state index is 0.0778. The third-order valence-electron chi connectivity index (χ3n) is 4.27. The number of hydrogen-bond donors (Lipinski definition) is 1. The van der Waals surface area contributed by atoms with Crippen LogP contribution in [0.5, 0.6) is 0 Å². The van der Waals surface area contributed by atoms with Crippen molar-refractivity contribution in [1.82, 2.24) is 0 Å². The molecule has 4 heteroatoms. The van der Waals surface area contributed by atoms with Gasteiger partial charge in [0.15, 0.2) is 0 Å². The molecule has 1 N–H and O–H groups in total. The molecular formula is C18H28O3S. The normalized spacial score (nSPS) is 16.5. The molecule has 0 saturated heterocycles. The molecule has 1 aromatic heterocycles. The van der Waals surface area contributed by atoms with Crippen molar-refractivity contribution in [2.45, 2.75) is 72.6 Å². The zero-order valence-electron chi connectivity index (χ0n) is 14.2. The van der Waals surface area contributed by atoms with Crippen molar-refractivity contribution in [2.75, 3.05) is 0 Å². The van der Waals surface area contributed by atoms with Crippen LogP contribution in [-0.2, 0) is 11.2 Å².